The van der Waals surface area contributed by atoms with Crippen LogP contribution in [0.5, 0.6) is 0 Å². The molecule has 1 saturated heterocycles. The zero-order chi connectivity index (χ0) is 22.4. The van der Waals surface area contributed by atoms with Gasteiger partial charge in [-0.1, -0.05) is 0 Å². The van der Waals surface area contributed by atoms with E-state index in [4.69, 9.17) is 10.2 Å². The zero-order valence-corrected chi connectivity index (χ0v) is 17.9. The van der Waals surface area contributed by atoms with Crippen LogP contribution in [0.3, 0.4) is 0 Å². The Bertz CT molecular complexity index is 1320. The van der Waals surface area contributed by atoms with E-state index in [2.05, 4.69) is 20.0 Å². The lowest BCUT2D eigenvalue weighted by Gasteiger charge is -2.33. The van der Waals surface area contributed by atoms with E-state index in [1.54, 1.807) is 16.9 Å². The Morgan fingerprint density at radius 1 is 1.31 bits per heavy atom. The van der Waals surface area contributed by atoms with Crippen molar-refractivity contribution in [2.24, 2.45) is 12.8 Å². The molecule has 1 aromatic carbocycles. The average Bonchev–Trinajstić information content (AvgIpc) is 3.35. The fraction of sp³-hybridized carbons (Fsp3) is 0.304. The second kappa shape index (κ2) is 7.76. The molecule has 1 unspecified atom stereocenters. The van der Waals surface area contributed by atoms with Crippen LogP contribution < -0.4 is 10.6 Å². The molecule has 1 aliphatic rings. The highest BCUT2D eigenvalue weighted by molar-refractivity contribution is 6.01. The van der Waals surface area contributed by atoms with E-state index in [0.717, 1.165) is 41.7 Å². The van der Waals surface area contributed by atoms with Crippen LogP contribution in [0.15, 0.2) is 41.1 Å². The number of aliphatic hydroxyl groups excluding tert-OH is 1. The highest BCUT2D eigenvalue weighted by Gasteiger charge is 2.27. The summed E-state index contributed by atoms with van der Waals surface area (Å²) in [5.74, 6) is -0.0823. The van der Waals surface area contributed by atoms with Crippen molar-refractivity contribution < 1.29 is 14.3 Å². The normalized spacial score (nSPS) is 16.6. The third-order valence-corrected chi connectivity index (χ3v) is 5.72. The number of nitrogens with two attached hydrogens (primary N) is 1. The van der Waals surface area contributed by atoms with Gasteiger partial charge in [0.1, 0.15) is 0 Å². The molecule has 1 aliphatic heterocycles. The Morgan fingerprint density at radius 2 is 2.16 bits per heavy atom. The monoisotopic (exact) mass is 432 g/mol. The van der Waals surface area contributed by atoms with Crippen LogP contribution in [0.4, 0.5) is 5.69 Å². The summed E-state index contributed by atoms with van der Waals surface area (Å²) in [5, 5.41) is 15.7. The molecule has 3 aromatic heterocycles. The number of carbonyl (C=O) groups excluding carboxylic acids is 1. The highest BCUT2D eigenvalue weighted by atomic mass is 16.4. The largest absolute Gasteiger partial charge is 0.435 e. The Hall–Kier alpha value is -3.72. The van der Waals surface area contributed by atoms with E-state index in [0.29, 0.717) is 29.3 Å². The molecule has 5 rings (SSSR count). The summed E-state index contributed by atoms with van der Waals surface area (Å²) in [7, 11) is 1.86. The first-order valence-corrected chi connectivity index (χ1v) is 10.5. The summed E-state index contributed by atoms with van der Waals surface area (Å²) in [6, 6.07) is 7.51. The SMILES string of the molecule is Cc1cc(-c2nc(C(N)=O)c(-c3cc4nn(C)cc4cc3N3CCCC(O)C3)o2)ccn1. The standard InChI is InChI=1S/C23H24N6O3/c1-13-8-14(5-6-25-13)23-26-20(22(24)31)21(32-23)17-10-18-15(11-28(2)27-18)9-19(17)29-7-3-4-16(30)12-29/h5-6,8-11,16,30H,3-4,7,12H2,1-2H3,(H2,24,31). The molecule has 164 valence electrons. The summed E-state index contributed by atoms with van der Waals surface area (Å²) in [6.45, 7) is 3.15. The number of rotatable bonds is 4. The number of fused-ring (bicyclic) bond motifs is 1. The van der Waals surface area contributed by atoms with Gasteiger partial charge in [0.25, 0.3) is 5.91 Å². The first kappa shape index (κ1) is 20.2. The quantitative estimate of drug-likeness (QED) is 0.508. The third-order valence-electron chi connectivity index (χ3n) is 5.72. The molecule has 1 atom stereocenters. The maximum absolute atomic E-state index is 12.3. The van der Waals surface area contributed by atoms with Crippen LogP contribution in [-0.2, 0) is 7.05 Å². The van der Waals surface area contributed by atoms with Crippen LogP contribution in [0.25, 0.3) is 33.7 Å². The number of anilines is 1. The van der Waals surface area contributed by atoms with Gasteiger partial charge in [-0.15, -0.1) is 0 Å². The number of hydrogen-bond acceptors (Lipinski definition) is 7. The Labute approximate surface area is 184 Å². The highest BCUT2D eigenvalue weighted by Crippen LogP contribution is 2.39. The minimum absolute atomic E-state index is 0.0588. The third kappa shape index (κ3) is 3.60. The molecule has 3 N–H and O–H groups in total. The maximum atomic E-state index is 12.3. The van der Waals surface area contributed by atoms with Gasteiger partial charge in [-0.25, -0.2) is 4.98 Å². The van der Waals surface area contributed by atoms with Crippen LogP contribution in [0.2, 0.25) is 0 Å². The van der Waals surface area contributed by atoms with Crippen molar-refractivity contribution in [3.63, 3.8) is 0 Å². The van der Waals surface area contributed by atoms with Gasteiger partial charge in [-0.05, 0) is 44.0 Å². The van der Waals surface area contributed by atoms with Gasteiger partial charge in [0.15, 0.2) is 11.5 Å². The number of aromatic nitrogens is 4. The van der Waals surface area contributed by atoms with Crippen molar-refractivity contribution in [3.8, 4) is 22.8 Å². The number of pyridine rings is 1. The lowest BCUT2D eigenvalue weighted by Crippen LogP contribution is -2.38. The van der Waals surface area contributed by atoms with Gasteiger partial charge >= 0.3 is 0 Å². The fourth-order valence-corrected chi connectivity index (χ4v) is 4.27. The van der Waals surface area contributed by atoms with E-state index in [9.17, 15) is 9.90 Å². The molecule has 32 heavy (non-hydrogen) atoms. The number of piperidine rings is 1. The molecule has 4 heterocycles. The Balaban J connectivity index is 1.72. The minimum atomic E-state index is -0.675. The molecule has 4 aromatic rings. The lowest BCUT2D eigenvalue weighted by atomic mass is 10.0. The van der Waals surface area contributed by atoms with Gasteiger partial charge in [-0.3, -0.25) is 14.5 Å². The number of aliphatic hydroxyl groups is 1. The van der Waals surface area contributed by atoms with Gasteiger partial charge < -0.3 is 20.2 Å². The second-order valence-electron chi connectivity index (χ2n) is 8.22. The molecule has 0 aliphatic carbocycles. The summed E-state index contributed by atoms with van der Waals surface area (Å²) >= 11 is 0. The van der Waals surface area contributed by atoms with Crippen LogP contribution in [0, 0.1) is 6.92 Å². The van der Waals surface area contributed by atoms with E-state index < -0.39 is 12.0 Å². The van der Waals surface area contributed by atoms with Crippen LogP contribution in [-0.4, -0.2) is 50.0 Å². The number of β-amino-alcohol motifs (C(OH)–C–C–N with tert-alkyl or cyclic N) is 1. The topological polar surface area (TPSA) is 123 Å². The Morgan fingerprint density at radius 3 is 2.91 bits per heavy atom. The number of primary amides is 1. The van der Waals surface area contributed by atoms with Crippen molar-refractivity contribution >= 4 is 22.5 Å². The molecule has 1 amide bonds. The summed E-state index contributed by atoms with van der Waals surface area (Å²) in [6.07, 6.45) is 4.82. The molecule has 1 fully saturated rings. The molecular weight excluding hydrogens is 408 g/mol. The van der Waals surface area contributed by atoms with Crippen molar-refractivity contribution in [2.75, 3.05) is 18.0 Å². The molecule has 0 spiro atoms. The lowest BCUT2D eigenvalue weighted by molar-refractivity contribution is 0.0996. The molecule has 9 nitrogen and oxygen atoms in total. The zero-order valence-electron chi connectivity index (χ0n) is 17.9. The summed E-state index contributed by atoms with van der Waals surface area (Å²) < 4.78 is 7.89. The number of oxazole rings is 1. The molecule has 0 radical (unpaired) electrons. The maximum Gasteiger partial charge on any atom is 0.271 e. The molecule has 9 heteroatoms. The minimum Gasteiger partial charge on any atom is -0.435 e. The summed E-state index contributed by atoms with van der Waals surface area (Å²) in [5.41, 5.74) is 9.55. The molecule has 0 bridgehead atoms. The average molecular weight is 432 g/mol. The van der Waals surface area contributed by atoms with Crippen molar-refractivity contribution in [1.29, 1.82) is 0 Å². The molecular formula is C23H24N6O3. The van der Waals surface area contributed by atoms with E-state index >= 15 is 0 Å². The second-order valence-corrected chi connectivity index (χ2v) is 8.22. The van der Waals surface area contributed by atoms with Gasteiger partial charge in [-0.2, -0.15) is 5.10 Å². The number of carbonyl (C=O) groups is 1. The Kier molecular flexibility index (Phi) is 4.90. The van der Waals surface area contributed by atoms with Crippen LogP contribution in [0.1, 0.15) is 29.0 Å². The van der Waals surface area contributed by atoms with Gasteiger partial charge in [0, 0.05) is 60.4 Å². The molecule has 0 saturated carbocycles. The predicted molar refractivity (Wildman–Crippen MR) is 120 cm³/mol. The first-order valence-electron chi connectivity index (χ1n) is 10.5. The predicted octanol–water partition coefficient (Wildman–Crippen LogP) is 2.66. The number of aryl methyl sites for hydroxylation is 2. The van der Waals surface area contributed by atoms with Crippen LogP contribution >= 0.6 is 0 Å². The van der Waals surface area contributed by atoms with Gasteiger partial charge in [0.2, 0.25) is 5.89 Å². The van der Waals surface area contributed by atoms with E-state index in [1.165, 1.54) is 0 Å². The first-order chi connectivity index (χ1) is 15.4. The van der Waals surface area contributed by atoms with E-state index in [-0.39, 0.29) is 5.69 Å². The number of benzene rings is 1. The summed E-state index contributed by atoms with van der Waals surface area (Å²) in [4.78, 5) is 23.1. The fourth-order valence-electron chi connectivity index (χ4n) is 4.27. The van der Waals surface area contributed by atoms with Gasteiger partial charge in [0.05, 0.1) is 11.6 Å². The van der Waals surface area contributed by atoms with E-state index in [1.807, 2.05) is 38.4 Å². The number of nitrogens with zero attached hydrogens (tertiary/aromatic N) is 5. The number of amides is 1. The van der Waals surface area contributed by atoms with Crippen molar-refractivity contribution in [3.05, 3.63) is 48.0 Å². The smallest absolute Gasteiger partial charge is 0.271 e. The van der Waals surface area contributed by atoms with Crippen molar-refractivity contribution in [1.82, 2.24) is 19.7 Å². The van der Waals surface area contributed by atoms with Crippen molar-refractivity contribution in [2.45, 2.75) is 25.9 Å². The number of hydrogen-bond donors (Lipinski definition) is 2.